The summed E-state index contributed by atoms with van der Waals surface area (Å²) in [5.74, 6) is 0.794. The summed E-state index contributed by atoms with van der Waals surface area (Å²) >= 11 is 0. The third-order valence-corrected chi connectivity index (χ3v) is 3.45. The molecule has 1 aromatic carbocycles. The van der Waals surface area contributed by atoms with Crippen LogP contribution in [0.3, 0.4) is 0 Å². The number of hydrogen-bond donors (Lipinski definition) is 1. The Kier molecular flexibility index (Phi) is 3.79. The first-order valence-electron chi connectivity index (χ1n) is 6.19. The lowest BCUT2D eigenvalue weighted by atomic mass is 10.1. The van der Waals surface area contributed by atoms with Gasteiger partial charge in [-0.2, -0.15) is 0 Å². The van der Waals surface area contributed by atoms with E-state index in [1.807, 2.05) is 29.2 Å². The lowest BCUT2D eigenvalue weighted by Gasteiger charge is -2.16. The summed E-state index contributed by atoms with van der Waals surface area (Å²) in [7, 11) is 0. The van der Waals surface area contributed by atoms with Crippen LogP contribution >= 0.6 is 0 Å². The molecule has 17 heavy (non-hydrogen) atoms. The van der Waals surface area contributed by atoms with E-state index < -0.39 is 0 Å². The topological polar surface area (TPSA) is 40.5 Å². The maximum atomic E-state index is 11.8. The highest BCUT2D eigenvalue weighted by Crippen LogP contribution is 2.22. The van der Waals surface area contributed by atoms with Crippen LogP contribution in [0.2, 0.25) is 0 Å². The van der Waals surface area contributed by atoms with Crippen molar-refractivity contribution >= 4 is 5.91 Å². The van der Waals surface area contributed by atoms with Gasteiger partial charge in [0, 0.05) is 19.5 Å². The number of likely N-dealkylation sites (tertiary alicyclic amines) is 1. The Morgan fingerprint density at radius 2 is 1.94 bits per heavy atom. The Labute approximate surface area is 102 Å². The number of aliphatic hydroxyl groups is 1. The second kappa shape index (κ2) is 5.32. The van der Waals surface area contributed by atoms with Gasteiger partial charge in [-0.1, -0.05) is 37.6 Å². The van der Waals surface area contributed by atoms with Gasteiger partial charge in [-0.3, -0.25) is 4.79 Å². The van der Waals surface area contributed by atoms with Gasteiger partial charge in [0.2, 0.25) is 5.91 Å². The van der Waals surface area contributed by atoms with E-state index in [1.54, 1.807) is 0 Å². The summed E-state index contributed by atoms with van der Waals surface area (Å²) in [5, 5.41) is 8.96. The van der Waals surface area contributed by atoms with Crippen molar-refractivity contribution in [3.8, 4) is 0 Å². The molecule has 1 atom stereocenters. The minimum Gasteiger partial charge on any atom is -0.392 e. The molecule has 1 aliphatic heterocycles. The molecule has 1 aromatic rings. The Morgan fingerprint density at radius 1 is 1.29 bits per heavy atom. The van der Waals surface area contributed by atoms with Crippen molar-refractivity contribution < 1.29 is 9.90 Å². The number of aliphatic hydroxyl groups excluding tert-OH is 1. The minimum atomic E-state index is 0.0703. The van der Waals surface area contributed by atoms with E-state index in [9.17, 15) is 4.79 Å². The molecule has 1 saturated heterocycles. The van der Waals surface area contributed by atoms with Gasteiger partial charge in [-0.25, -0.2) is 0 Å². The zero-order valence-corrected chi connectivity index (χ0v) is 10.2. The predicted molar refractivity (Wildman–Crippen MR) is 66.2 cm³/mol. The van der Waals surface area contributed by atoms with Crippen LogP contribution in [0.25, 0.3) is 0 Å². The van der Waals surface area contributed by atoms with E-state index in [2.05, 4.69) is 6.92 Å². The van der Waals surface area contributed by atoms with E-state index in [-0.39, 0.29) is 12.5 Å². The van der Waals surface area contributed by atoms with Crippen molar-refractivity contribution in [2.24, 2.45) is 5.92 Å². The van der Waals surface area contributed by atoms with Crippen molar-refractivity contribution in [2.75, 3.05) is 6.54 Å². The van der Waals surface area contributed by atoms with Crippen LogP contribution in [0.5, 0.6) is 0 Å². The maximum Gasteiger partial charge on any atom is 0.223 e. The predicted octanol–water partition coefficient (Wildman–Crippen LogP) is 1.94. The van der Waals surface area contributed by atoms with Crippen LogP contribution in [0.4, 0.5) is 0 Å². The Morgan fingerprint density at radius 3 is 2.47 bits per heavy atom. The largest absolute Gasteiger partial charge is 0.392 e. The van der Waals surface area contributed by atoms with Gasteiger partial charge >= 0.3 is 0 Å². The second-order valence-corrected chi connectivity index (χ2v) is 4.73. The van der Waals surface area contributed by atoms with Gasteiger partial charge in [-0.15, -0.1) is 0 Å². The zero-order chi connectivity index (χ0) is 12.3. The summed E-state index contributed by atoms with van der Waals surface area (Å²) in [4.78, 5) is 13.7. The molecular weight excluding hydrogens is 214 g/mol. The molecule has 1 amide bonds. The van der Waals surface area contributed by atoms with Gasteiger partial charge in [0.1, 0.15) is 0 Å². The molecule has 0 spiro atoms. The smallest absolute Gasteiger partial charge is 0.223 e. The molecule has 0 aromatic heterocycles. The molecule has 1 fully saturated rings. The quantitative estimate of drug-likeness (QED) is 0.863. The van der Waals surface area contributed by atoms with Crippen molar-refractivity contribution in [2.45, 2.75) is 32.9 Å². The van der Waals surface area contributed by atoms with Crippen LogP contribution in [0.15, 0.2) is 24.3 Å². The molecule has 92 valence electrons. The first-order chi connectivity index (χ1) is 8.22. The van der Waals surface area contributed by atoms with Crippen LogP contribution in [-0.4, -0.2) is 22.5 Å². The van der Waals surface area contributed by atoms with Crippen molar-refractivity contribution in [3.63, 3.8) is 0 Å². The van der Waals surface area contributed by atoms with E-state index >= 15 is 0 Å². The molecule has 0 bridgehead atoms. The maximum absolute atomic E-state index is 11.8. The van der Waals surface area contributed by atoms with Gasteiger partial charge in [0.05, 0.1) is 6.61 Å². The molecule has 1 unspecified atom stereocenters. The lowest BCUT2D eigenvalue weighted by molar-refractivity contribution is -0.128. The standard InChI is InChI=1S/C14H19NO2/c1-2-11-7-14(17)15(8-11)9-12-3-5-13(10-16)6-4-12/h3-6,11,16H,2,7-10H2,1H3. The molecule has 1 N–H and O–H groups in total. The summed E-state index contributed by atoms with van der Waals surface area (Å²) in [6.07, 6.45) is 1.77. The lowest BCUT2D eigenvalue weighted by Crippen LogP contribution is -2.24. The van der Waals surface area contributed by atoms with E-state index in [4.69, 9.17) is 5.11 Å². The molecule has 1 heterocycles. The minimum absolute atomic E-state index is 0.0703. The molecule has 3 nitrogen and oxygen atoms in total. The molecular formula is C14H19NO2. The van der Waals surface area contributed by atoms with Crippen molar-refractivity contribution in [3.05, 3.63) is 35.4 Å². The van der Waals surface area contributed by atoms with Crippen LogP contribution in [-0.2, 0) is 17.9 Å². The first-order valence-corrected chi connectivity index (χ1v) is 6.19. The van der Waals surface area contributed by atoms with Crippen molar-refractivity contribution in [1.29, 1.82) is 0 Å². The average molecular weight is 233 g/mol. The van der Waals surface area contributed by atoms with Crippen LogP contribution in [0.1, 0.15) is 30.9 Å². The number of hydrogen-bond acceptors (Lipinski definition) is 2. The second-order valence-electron chi connectivity index (χ2n) is 4.73. The van der Waals surface area contributed by atoms with Crippen LogP contribution in [0, 0.1) is 5.92 Å². The number of nitrogens with zero attached hydrogens (tertiary/aromatic N) is 1. The van der Waals surface area contributed by atoms with E-state index in [0.717, 1.165) is 24.1 Å². The Hall–Kier alpha value is -1.35. The fourth-order valence-corrected chi connectivity index (χ4v) is 2.25. The number of amides is 1. The fraction of sp³-hybridized carbons (Fsp3) is 0.500. The van der Waals surface area contributed by atoms with E-state index in [0.29, 0.717) is 18.9 Å². The highest BCUT2D eigenvalue weighted by Gasteiger charge is 2.27. The van der Waals surface area contributed by atoms with E-state index in [1.165, 1.54) is 0 Å². The van der Waals surface area contributed by atoms with Gasteiger partial charge < -0.3 is 10.0 Å². The Bertz CT molecular complexity index is 386. The number of benzene rings is 1. The summed E-state index contributed by atoms with van der Waals surface area (Å²) in [6.45, 7) is 3.79. The molecule has 1 aliphatic rings. The molecule has 0 radical (unpaired) electrons. The third kappa shape index (κ3) is 2.86. The summed E-state index contributed by atoms with van der Waals surface area (Å²) in [5.41, 5.74) is 2.04. The van der Waals surface area contributed by atoms with Gasteiger partial charge in [0.25, 0.3) is 0 Å². The number of carbonyl (C=O) groups is 1. The first kappa shape index (κ1) is 12.1. The third-order valence-electron chi connectivity index (χ3n) is 3.45. The highest BCUT2D eigenvalue weighted by atomic mass is 16.3. The summed E-state index contributed by atoms with van der Waals surface area (Å²) in [6, 6.07) is 7.79. The highest BCUT2D eigenvalue weighted by molar-refractivity contribution is 5.78. The Balaban J connectivity index is 1.98. The fourth-order valence-electron chi connectivity index (χ4n) is 2.25. The molecule has 0 aliphatic carbocycles. The molecule has 2 rings (SSSR count). The van der Waals surface area contributed by atoms with Gasteiger partial charge in [-0.05, 0) is 17.0 Å². The van der Waals surface area contributed by atoms with Gasteiger partial charge in [0.15, 0.2) is 0 Å². The average Bonchev–Trinajstić information content (AvgIpc) is 2.71. The number of rotatable bonds is 4. The van der Waals surface area contributed by atoms with Crippen molar-refractivity contribution in [1.82, 2.24) is 4.90 Å². The SMILES string of the molecule is CCC1CC(=O)N(Cc2ccc(CO)cc2)C1. The normalized spacial score (nSPS) is 20.0. The summed E-state index contributed by atoms with van der Waals surface area (Å²) < 4.78 is 0. The molecule has 0 saturated carbocycles. The monoisotopic (exact) mass is 233 g/mol. The zero-order valence-electron chi connectivity index (χ0n) is 10.2. The van der Waals surface area contributed by atoms with Crippen LogP contribution < -0.4 is 0 Å². The molecule has 3 heteroatoms. The number of carbonyl (C=O) groups excluding carboxylic acids is 1.